The summed E-state index contributed by atoms with van der Waals surface area (Å²) in [5.74, 6) is 0.0659. The van der Waals surface area contributed by atoms with E-state index in [2.05, 4.69) is 15.3 Å². The van der Waals surface area contributed by atoms with Gasteiger partial charge in [0.15, 0.2) is 5.16 Å². The number of thioether (sulfide) groups is 1. The molecule has 4 nitrogen and oxygen atoms in total. The Morgan fingerprint density at radius 3 is 2.62 bits per heavy atom. The zero-order valence-corrected chi connectivity index (χ0v) is 14.1. The van der Waals surface area contributed by atoms with Gasteiger partial charge in [0.05, 0.1) is 6.54 Å². The first-order chi connectivity index (χ1) is 10.1. The number of thiophene rings is 1. The fourth-order valence-corrected chi connectivity index (χ4v) is 3.19. The SMILES string of the molecule is CSc1nc(C)c(CCC(=O)NCc2cccs2)c(C)n1. The van der Waals surface area contributed by atoms with Crippen LogP contribution in [0.15, 0.2) is 22.7 Å². The van der Waals surface area contributed by atoms with E-state index >= 15 is 0 Å². The first kappa shape index (κ1) is 16.0. The zero-order chi connectivity index (χ0) is 15.2. The van der Waals surface area contributed by atoms with E-state index in [0.29, 0.717) is 19.4 Å². The van der Waals surface area contributed by atoms with Crippen molar-refractivity contribution in [2.24, 2.45) is 0 Å². The standard InChI is InChI=1S/C15H19N3OS2/c1-10-13(11(2)18-15(17-10)20-3)6-7-14(19)16-9-12-5-4-8-21-12/h4-5,8H,6-7,9H2,1-3H3,(H,16,19). The molecule has 0 spiro atoms. The molecule has 0 saturated carbocycles. The summed E-state index contributed by atoms with van der Waals surface area (Å²) in [5, 5.41) is 5.74. The van der Waals surface area contributed by atoms with E-state index in [4.69, 9.17) is 0 Å². The van der Waals surface area contributed by atoms with Crippen molar-refractivity contribution in [3.05, 3.63) is 39.3 Å². The van der Waals surface area contributed by atoms with Crippen molar-refractivity contribution in [1.82, 2.24) is 15.3 Å². The molecule has 6 heteroatoms. The van der Waals surface area contributed by atoms with Crippen molar-refractivity contribution in [3.63, 3.8) is 0 Å². The summed E-state index contributed by atoms with van der Waals surface area (Å²) in [6.07, 6.45) is 3.11. The molecule has 0 aromatic carbocycles. The summed E-state index contributed by atoms with van der Waals surface area (Å²) < 4.78 is 0. The lowest BCUT2D eigenvalue weighted by molar-refractivity contribution is -0.121. The number of rotatable bonds is 6. The minimum absolute atomic E-state index is 0.0659. The van der Waals surface area contributed by atoms with Gasteiger partial charge in [0.2, 0.25) is 5.91 Å². The summed E-state index contributed by atoms with van der Waals surface area (Å²) in [6.45, 7) is 4.57. The predicted octanol–water partition coefficient (Wildman–Crippen LogP) is 3.13. The average Bonchev–Trinajstić information content (AvgIpc) is 2.97. The highest BCUT2D eigenvalue weighted by Crippen LogP contribution is 2.17. The summed E-state index contributed by atoms with van der Waals surface area (Å²) >= 11 is 3.19. The number of nitrogens with one attached hydrogen (secondary N) is 1. The largest absolute Gasteiger partial charge is 0.351 e. The molecule has 0 saturated heterocycles. The highest BCUT2D eigenvalue weighted by atomic mass is 32.2. The van der Waals surface area contributed by atoms with E-state index < -0.39 is 0 Å². The summed E-state index contributed by atoms with van der Waals surface area (Å²) in [7, 11) is 0. The lowest BCUT2D eigenvalue weighted by atomic mass is 10.1. The molecule has 2 aromatic heterocycles. The number of aryl methyl sites for hydroxylation is 2. The molecule has 0 fully saturated rings. The van der Waals surface area contributed by atoms with Crippen molar-refractivity contribution < 1.29 is 4.79 Å². The molecular weight excluding hydrogens is 302 g/mol. The van der Waals surface area contributed by atoms with Crippen LogP contribution in [0.3, 0.4) is 0 Å². The van der Waals surface area contributed by atoms with Crippen LogP contribution in [0.2, 0.25) is 0 Å². The Balaban J connectivity index is 1.89. The minimum atomic E-state index is 0.0659. The van der Waals surface area contributed by atoms with Crippen molar-refractivity contribution in [3.8, 4) is 0 Å². The molecule has 0 atom stereocenters. The van der Waals surface area contributed by atoms with Crippen LogP contribution < -0.4 is 5.32 Å². The van der Waals surface area contributed by atoms with Gasteiger partial charge in [-0.1, -0.05) is 17.8 Å². The van der Waals surface area contributed by atoms with Crippen molar-refractivity contribution in [2.75, 3.05) is 6.26 Å². The van der Waals surface area contributed by atoms with Crippen LogP contribution >= 0.6 is 23.1 Å². The highest BCUT2D eigenvalue weighted by Gasteiger charge is 2.10. The average molecular weight is 321 g/mol. The van der Waals surface area contributed by atoms with Gasteiger partial charge in [0.1, 0.15) is 0 Å². The van der Waals surface area contributed by atoms with Gasteiger partial charge in [-0.25, -0.2) is 9.97 Å². The first-order valence-electron chi connectivity index (χ1n) is 6.77. The summed E-state index contributed by atoms with van der Waals surface area (Å²) in [6, 6.07) is 4.01. The van der Waals surface area contributed by atoms with Crippen LogP contribution in [-0.4, -0.2) is 22.1 Å². The van der Waals surface area contributed by atoms with Gasteiger partial charge in [0.25, 0.3) is 0 Å². The normalized spacial score (nSPS) is 10.6. The van der Waals surface area contributed by atoms with E-state index in [1.165, 1.54) is 16.6 Å². The van der Waals surface area contributed by atoms with Crippen molar-refractivity contribution in [1.29, 1.82) is 0 Å². The molecule has 112 valence electrons. The van der Waals surface area contributed by atoms with Gasteiger partial charge < -0.3 is 5.32 Å². The lowest BCUT2D eigenvalue weighted by Crippen LogP contribution is -2.22. The number of amides is 1. The number of nitrogens with zero attached hydrogens (tertiary/aromatic N) is 2. The summed E-state index contributed by atoms with van der Waals surface area (Å²) in [5.41, 5.74) is 3.02. The Kier molecular flexibility index (Phi) is 5.76. The maximum atomic E-state index is 11.9. The number of aromatic nitrogens is 2. The molecular formula is C15H19N3OS2. The lowest BCUT2D eigenvalue weighted by Gasteiger charge is -2.10. The maximum Gasteiger partial charge on any atom is 0.220 e. The Morgan fingerprint density at radius 1 is 1.33 bits per heavy atom. The predicted molar refractivity (Wildman–Crippen MR) is 87.8 cm³/mol. The van der Waals surface area contributed by atoms with E-state index in [-0.39, 0.29) is 5.91 Å². The third-order valence-electron chi connectivity index (χ3n) is 3.22. The second-order valence-electron chi connectivity index (χ2n) is 4.72. The van der Waals surface area contributed by atoms with Crippen LogP contribution in [0.25, 0.3) is 0 Å². The van der Waals surface area contributed by atoms with Crippen LogP contribution in [-0.2, 0) is 17.8 Å². The Labute approximate surface area is 133 Å². The molecule has 2 aromatic rings. The van der Waals surface area contributed by atoms with Crippen molar-refractivity contribution in [2.45, 2.75) is 38.4 Å². The van der Waals surface area contributed by atoms with Gasteiger partial charge in [-0.05, 0) is 43.5 Å². The fraction of sp³-hybridized carbons (Fsp3) is 0.400. The quantitative estimate of drug-likeness (QED) is 0.656. The van der Waals surface area contributed by atoms with E-state index in [0.717, 1.165) is 22.1 Å². The van der Waals surface area contributed by atoms with Gasteiger partial charge in [-0.15, -0.1) is 11.3 Å². The molecule has 2 rings (SSSR count). The van der Waals surface area contributed by atoms with Crippen LogP contribution in [0.5, 0.6) is 0 Å². The number of hydrogen-bond donors (Lipinski definition) is 1. The second kappa shape index (κ2) is 7.56. The smallest absolute Gasteiger partial charge is 0.220 e. The summed E-state index contributed by atoms with van der Waals surface area (Å²) in [4.78, 5) is 22.0. The minimum Gasteiger partial charge on any atom is -0.351 e. The third-order valence-corrected chi connectivity index (χ3v) is 4.65. The number of carbonyl (C=O) groups is 1. The molecule has 0 bridgehead atoms. The Bertz CT molecular complexity index is 588. The molecule has 0 aliphatic heterocycles. The van der Waals surface area contributed by atoms with Crippen LogP contribution in [0.4, 0.5) is 0 Å². The van der Waals surface area contributed by atoms with Crippen molar-refractivity contribution >= 4 is 29.0 Å². The van der Waals surface area contributed by atoms with Gasteiger partial charge in [-0.2, -0.15) is 0 Å². The molecule has 0 radical (unpaired) electrons. The molecule has 0 unspecified atom stereocenters. The van der Waals surface area contributed by atoms with Gasteiger partial charge in [0, 0.05) is 22.7 Å². The van der Waals surface area contributed by atoms with E-state index in [9.17, 15) is 4.79 Å². The molecule has 0 aliphatic carbocycles. The maximum absolute atomic E-state index is 11.9. The molecule has 2 heterocycles. The van der Waals surface area contributed by atoms with Crippen LogP contribution in [0, 0.1) is 13.8 Å². The van der Waals surface area contributed by atoms with Crippen LogP contribution in [0.1, 0.15) is 28.2 Å². The molecule has 0 aliphatic rings. The zero-order valence-electron chi connectivity index (χ0n) is 12.5. The Hall–Kier alpha value is -1.40. The van der Waals surface area contributed by atoms with Gasteiger partial charge >= 0.3 is 0 Å². The second-order valence-corrected chi connectivity index (χ2v) is 6.52. The fourth-order valence-electron chi connectivity index (χ4n) is 2.09. The molecule has 1 amide bonds. The first-order valence-corrected chi connectivity index (χ1v) is 8.87. The monoisotopic (exact) mass is 321 g/mol. The molecule has 21 heavy (non-hydrogen) atoms. The molecule has 1 N–H and O–H groups in total. The third kappa shape index (κ3) is 4.54. The highest BCUT2D eigenvalue weighted by molar-refractivity contribution is 7.98. The van der Waals surface area contributed by atoms with Gasteiger partial charge in [-0.3, -0.25) is 4.79 Å². The van der Waals surface area contributed by atoms with E-state index in [1.807, 2.05) is 37.6 Å². The topological polar surface area (TPSA) is 54.9 Å². The Morgan fingerprint density at radius 2 is 2.05 bits per heavy atom. The number of carbonyl (C=O) groups excluding carboxylic acids is 1. The van der Waals surface area contributed by atoms with E-state index in [1.54, 1.807) is 11.3 Å². The number of hydrogen-bond acceptors (Lipinski definition) is 5.